The summed E-state index contributed by atoms with van der Waals surface area (Å²) in [4.78, 5) is 28.9. The van der Waals surface area contributed by atoms with Crippen molar-refractivity contribution in [1.82, 2.24) is 14.8 Å². The molecule has 0 saturated carbocycles. The Morgan fingerprint density at radius 3 is 2.38 bits per heavy atom. The molecule has 0 spiro atoms. The molecule has 2 aromatic heterocycles. The van der Waals surface area contributed by atoms with Crippen LogP contribution in [0.15, 0.2) is 53.6 Å². The average Bonchev–Trinajstić information content (AvgIpc) is 2.96. The van der Waals surface area contributed by atoms with Gasteiger partial charge in [-0.2, -0.15) is 0 Å². The molecular weight excluding hydrogens is 330 g/mol. The Kier molecular flexibility index (Phi) is 4.50. The van der Waals surface area contributed by atoms with Gasteiger partial charge < -0.3 is 4.74 Å². The van der Waals surface area contributed by atoms with E-state index in [2.05, 4.69) is 10.1 Å². The van der Waals surface area contributed by atoms with E-state index in [9.17, 15) is 9.59 Å². The third-order valence-electron chi connectivity index (χ3n) is 3.75. The Bertz CT molecular complexity index is 975. The summed E-state index contributed by atoms with van der Waals surface area (Å²) in [5.41, 5.74) is 2.08. The lowest BCUT2D eigenvalue weighted by atomic mass is 10.1. The number of hydrogen-bond donors (Lipinski definition) is 1. The summed E-state index contributed by atoms with van der Waals surface area (Å²) in [6.45, 7) is 7.41. The third kappa shape index (κ3) is 3.74. The fourth-order valence-electron chi connectivity index (χ4n) is 2.46. The van der Waals surface area contributed by atoms with Crippen LogP contribution in [0.5, 0.6) is 0 Å². The minimum absolute atomic E-state index is 0.202. The Balaban J connectivity index is 1.88. The molecular formula is C20H21N3O3. The van der Waals surface area contributed by atoms with Crippen LogP contribution >= 0.6 is 0 Å². The molecule has 0 fully saturated rings. The first-order valence-corrected chi connectivity index (χ1v) is 8.32. The van der Waals surface area contributed by atoms with Crippen LogP contribution in [0.2, 0.25) is 0 Å². The molecule has 6 nitrogen and oxygen atoms in total. The zero-order chi connectivity index (χ0) is 18.9. The van der Waals surface area contributed by atoms with Crippen LogP contribution in [0.25, 0.3) is 16.9 Å². The van der Waals surface area contributed by atoms with Crippen molar-refractivity contribution in [2.45, 2.75) is 33.3 Å². The third-order valence-corrected chi connectivity index (χ3v) is 3.75. The van der Waals surface area contributed by atoms with Gasteiger partial charge in [0.2, 0.25) is 0 Å². The molecule has 0 amide bonds. The number of aromatic amines is 1. The predicted molar refractivity (Wildman–Crippen MR) is 99.5 cm³/mol. The molecule has 3 aromatic rings. The number of hydrogen-bond acceptors (Lipinski definition) is 4. The van der Waals surface area contributed by atoms with Gasteiger partial charge in [-0.15, -0.1) is 0 Å². The molecule has 0 unspecified atom stereocenters. The number of esters is 1. The standard InChI is InChI=1S/C20H21N3O3/c1-13-5-7-14(8-6-13)16-12-22-23(18(16)24)17-10-9-15(11-21-17)19(25)26-20(2,3)4/h5-12,22H,1-4H3. The second-order valence-electron chi connectivity index (χ2n) is 7.10. The van der Waals surface area contributed by atoms with Crippen molar-refractivity contribution in [2.24, 2.45) is 0 Å². The maximum absolute atomic E-state index is 12.7. The van der Waals surface area contributed by atoms with E-state index in [0.717, 1.165) is 11.1 Å². The molecule has 2 heterocycles. The molecule has 0 bridgehead atoms. The van der Waals surface area contributed by atoms with E-state index < -0.39 is 11.6 Å². The lowest BCUT2D eigenvalue weighted by Gasteiger charge is -2.19. The van der Waals surface area contributed by atoms with Gasteiger partial charge in [-0.3, -0.25) is 9.89 Å². The number of nitrogens with zero attached hydrogens (tertiary/aromatic N) is 2. The topological polar surface area (TPSA) is 77.0 Å². The molecule has 0 atom stereocenters. The van der Waals surface area contributed by atoms with Crippen LogP contribution in [-0.2, 0) is 4.74 Å². The molecule has 6 heteroatoms. The van der Waals surface area contributed by atoms with Crippen LogP contribution in [0.4, 0.5) is 0 Å². The van der Waals surface area contributed by atoms with E-state index in [4.69, 9.17) is 4.74 Å². The lowest BCUT2D eigenvalue weighted by molar-refractivity contribution is 0.00691. The van der Waals surface area contributed by atoms with Crippen LogP contribution in [0.1, 0.15) is 36.7 Å². The molecule has 0 aliphatic rings. The molecule has 0 aliphatic heterocycles. The molecule has 0 saturated heterocycles. The van der Waals surface area contributed by atoms with Gasteiger partial charge in [0, 0.05) is 12.4 Å². The highest BCUT2D eigenvalue weighted by Crippen LogP contribution is 2.17. The number of rotatable bonds is 3. The smallest absolute Gasteiger partial charge is 0.340 e. The summed E-state index contributed by atoms with van der Waals surface area (Å²) in [6, 6.07) is 10.9. The van der Waals surface area contributed by atoms with Gasteiger partial charge in [0.25, 0.3) is 5.56 Å². The molecule has 0 aliphatic carbocycles. The van der Waals surface area contributed by atoms with Gasteiger partial charge in [-0.1, -0.05) is 29.8 Å². The SMILES string of the molecule is Cc1ccc(-c2c[nH]n(-c3ccc(C(=O)OC(C)(C)C)cn3)c2=O)cc1. The van der Waals surface area contributed by atoms with Gasteiger partial charge in [0.15, 0.2) is 5.82 Å². The number of aromatic nitrogens is 3. The number of pyridine rings is 1. The van der Waals surface area contributed by atoms with Gasteiger partial charge in [-0.05, 0) is 45.4 Å². The number of carbonyl (C=O) groups excluding carboxylic acids is 1. The van der Waals surface area contributed by atoms with Crippen LogP contribution in [0, 0.1) is 6.92 Å². The van der Waals surface area contributed by atoms with E-state index >= 15 is 0 Å². The predicted octanol–water partition coefficient (Wildman–Crippen LogP) is 3.49. The number of ether oxygens (including phenoxy) is 1. The molecule has 0 radical (unpaired) electrons. The second-order valence-corrected chi connectivity index (χ2v) is 7.10. The van der Waals surface area contributed by atoms with Crippen molar-refractivity contribution in [3.05, 3.63) is 70.3 Å². The summed E-state index contributed by atoms with van der Waals surface area (Å²) in [5, 5.41) is 2.92. The van der Waals surface area contributed by atoms with Crippen molar-refractivity contribution in [1.29, 1.82) is 0 Å². The fraction of sp³-hybridized carbons (Fsp3) is 0.250. The number of benzene rings is 1. The Labute approximate surface area is 151 Å². The summed E-state index contributed by atoms with van der Waals surface area (Å²) >= 11 is 0. The van der Waals surface area contributed by atoms with Crippen molar-refractivity contribution < 1.29 is 9.53 Å². The zero-order valence-electron chi connectivity index (χ0n) is 15.2. The van der Waals surface area contributed by atoms with Crippen molar-refractivity contribution in [3.63, 3.8) is 0 Å². The largest absolute Gasteiger partial charge is 0.456 e. The molecule has 134 valence electrons. The normalized spacial score (nSPS) is 11.4. The summed E-state index contributed by atoms with van der Waals surface area (Å²) in [7, 11) is 0. The Morgan fingerprint density at radius 1 is 1.12 bits per heavy atom. The Morgan fingerprint density at radius 2 is 1.81 bits per heavy atom. The van der Waals surface area contributed by atoms with Crippen LogP contribution < -0.4 is 5.56 Å². The van der Waals surface area contributed by atoms with Crippen LogP contribution in [0.3, 0.4) is 0 Å². The highest BCUT2D eigenvalue weighted by Gasteiger charge is 2.18. The highest BCUT2D eigenvalue weighted by molar-refractivity contribution is 5.89. The maximum Gasteiger partial charge on any atom is 0.340 e. The van der Waals surface area contributed by atoms with Crippen molar-refractivity contribution in [3.8, 4) is 16.9 Å². The van der Waals surface area contributed by atoms with E-state index in [1.807, 2.05) is 31.2 Å². The first kappa shape index (κ1) is 17.7. The first-order valence-electron chi connectivity index (χ1n) is 8.32. The minimum Gasteiger partial charge on any atom is -0.456 e. The monoisotopic (exact) mass is 351 g/mol. The number of carbonyl (C=O) groups is 1. The molecule has 26 heavy (non-hydrogen) atoms. The van der Waals surface area contributed by atoms with Gasteiger partial charge in [0.1, 0.15) is 5.60 Å². The summed E-state index contributed by atoms with van der Waals surface area (Å²) in [5.74, 6) is -0.0450. The van der Waals surface area contributed by atoms with E-state index in [1.54, 1.807) is 39.1 Å². The number of H-pyrrole nitrogens is 1. The lowest BCUT2D eigenvalue weighted by Crippen LogP contribution is -2.24. The summed E-state index contributed by atoms with van der Waals surface area (Å²) in [6.07, 6.45) is 3.05. The molecule has 1 N–H and O–H groups in total. The van der Waals surface area contributed by atoms with Gasteiger partial charge >= 0.3 is 5.97 Å². The molecule has 3 rings (SSSR count). The van der Waals surface area contributed by atoms with E-state index in [1.165, 1.54) is 10.9 Å². The summed E-state index contributed by atoms with van der Waals surface area (Å²) < 4.78 is 6.65. The van der Waals surface area contributed by atoms with Crippen molar-refractivity contribution in [2.75, 3.05) is 0 Å². The number of aryl methyl sites for hydroxylation is 1. The minimum atomic E-state index is -0.574. The van der Waals surface area contributed by atoms with Crippen molar-refractivity contribution >= 4 is 5.97 Å². The fourth-order valence-corrected chi connectivity index (χ4v) is 2.46. The second kappa shape index (κ2) is 6.63. The average molecular weight is 351 g/mol. The van der Waals surface area contributed by atoms with Gasteiger partial charge in [0.05, 0.1) is 11.1 Å². The van der Waals surface area contributed by atoms with Gasteiger partial charge in [-0.25, -0.2) is 14.5 Å². The highest BCUT2D eigenvalue weighted by atomic mass is 16.6. The maximum atomic E-state index is 12.7. The molecule has 1 aromatic carbocycles. The first-order chi connectivity index (χ1) is 12.2. The Hall–Kier alpha value is -3.15. The van der Waals surface area contributed by atoms with E-state index in [-0.39, 0.29) is 5.56 Å². The van der Waals surface area contributed by atoms with E-state index in [0.29, 0.717) is 16.9 Å². The quantitative estimate of drug-likeness (QED) is 0.733. The zero-order valence-corrected chi connectivity index (χ0v) is 15.2. The van der Waals surface area contributed by atoms with Crippen LogP contribution in [-0.4, -0.2) is 26.3 Å². The number of nitrogens with one attached hydrogen (secondary N) is 1.